The van der Waals surface area contributed by atoms with Crippen LogP contribution in [-0.4, -0.2) is 25.1 Å². The number of esters is 1. The molecule has 5 rings (SSSR count). The molecular formula is C23H18N4O4S. The molecule has 0 aliphatic heterocycles. The Bertz CT molecular complexity index is 1540. The van der Waals surface area contributed by atoms with Gasteiger partial charge in [-0.05, 0) is 23.8 Å². The number of fused-ring (bicyclic) bond motifs is 2. The van der Waals surface area contributed by atoms with Gasteiger partial charge in [-0.3, -0.25) is 13.9 Å². The number of aromatic nitrogens is 4. The predicted octanol–water partition coefficient (Wildman–Crippen LogP) is 3.04. The highest BCUT2D eigenvalue weighted by Gasteiger charge is 2.19. The van der Waals surface area contributed by atoms with Crippen molar-refractivity contribution in [1.82, 2.24) is 19.1 Å². The number of rotatable bonds is 5. The number of aryl methyl sites for hydroxylation is 1. The number of para-hydroxylation sites is 2. The molecule has 160 valence electrons. The van der Waals surface area contributed by atoms with Crippen LogP contribution >= 0.6 is 11.3 Å². The summed E-state index contributed by atoms with van der Waals surface area (Å²) < 4.78 is 7.95. The van der Waals surface area contributed by atoms with E-state index in [0.29, 0.717) is 16.0 Å². The Morgan fingerprint density at radius 1 is 1.09 bits per heavy atom. The van der Waals surface area contributed by atoms with E-state index in [0.717, 1.165) is 27.9 Å². The summed E-state index contributed by atoms with van der Waals surface area (Å²) in [7, 11) is 1.59. The van der Waals surface area contributed by atoms with E-state index in [2.05, 4.69) is 9.97 Å². The molecule has 5 aromatic rings. The maximum Gasteiger partial charge on any atom is 0.348 e. The number of carbonyl (C=O) groups excluding carboxylic acids is 1. The quantitative estimate of drug-likeness (QED) is 0.419. The summed E-state index contributed by atoms with van der Waals surface area (Å²) in [6, 6.07) is 18.3. The highest BCUT2D eigenvalue weighted by molar-refractivity contribution is 7.20. The average molecular weight is 446 g/mol. The van der Waals surface area contributed by atoms with Gasteiger partial charge in [0.1, 0.15) is 22.1 Å². The van der Waals surface area contributed by atoms with Crippen LogP contribution in [0, 0.1) is 0 Å². The fraction of sp³-hybridized carbons (Fsp3) is 0.130. The van der Waals surface area contributed by atoms with Crippen LogP contribution in [0.15, 0.2) is 70.3 Å². The van der Waals surface area contributed by atoms with Gasteiger partial charge in [0.05, 0.1) is 23.0 Å². The molecule has 9 heteroatoms. The molecule has 0 saturated carbocycles. The van der Waals surface area contributed by atoms with Crippen molar-refractivity contribution in [3.63, 3.8) is 0 Å². The molecule has 0 amide bonds. The Morgan fingerprint density at radius 3 is 2.62 bits per heavy atom. The molecule has 0 fully saturated rings. The standard InChI is InChI=1S/C23H18N4O4S/c1-26-21-15(20(28)27(23(26)30)12-14-7-3-2-4-8-14)11-18(32-21)22(29)31-13-19-24-16-9-5-6-10-17(16)25-19/h2-11H,12-13H2,1H3,(H,24,25). The third-order valence-electron chi connectivity index (χ3n) is 5.17. The Balaban J connectivity index is 1.44. The predicted molar refractivity (Wildman–Crippen MR) is 122 cm³/mol. The fourth-order valence-corrected chi connectivity index (χ4v) is 4.57. The first-order valence-corrected chi connectivity index (χ1v) is 10.7. The van der Waals surface area contributed by atoms with Crippen molar-refractivity contribution < 1.29 is 9.53 Å². The molecule has 0 aliphatic carbocycles. The largest absolute Gasteiger partial charge is 0.453 e. The van der Waals surface area contributed by atoms with E-state index in [4.69, 9.17) is 4.74 Å². The van der Waals surface area contributed by atoms with Gasteiger partial charge in [0.15, 0.2) is 0 Å². The van der Waals surface area contributed by atoms with Crippen molar-refractivity contribution in [1.29, 1.82) is 0 Å². The minimum absolute atomic E-state index is 0.0288. The van der Waals surface area contributed by atoms with E-state index in [1.54, 1.807) is 7.05 Å². The van der Waals surface area contributed by atoms with Crippen molar-refractivity contribution in [2.24, 2.45) is 7.05 Å². The van der Waals surface area contributed by atoms with Gasteiger partial charge in [-0.1, -0.05) is 42.5 Å². The van der Waals surface area contributed by atoms with E-state index in [9.17, 15) is 14.4 Å². The zero-order chi connectivity index (χ0) is 22.2. The third kappa shape index (κ3) is 3.52. The lowest BCUT2D eigenvalue weighted by Crippen LogP contribution is -2.38. The lowest BCUT2D eigenvalue weighted by molar-refractivity contribution is 0.0469. The maximum absolute atomic E-state index is 13.0. The molecule has 32 heavy (non-hydrogen) atoms. The van der Waals surface area contributed by atoms with Crippen LogP contribution in [0.2, 0.25) is 0 Å². The highest BCUT2D eigenvalue weighted by Crippen LogP contribution is 2.23. The van der Waals surface area contributed by atoms with Gasteiger partial charge in [0.2, 0.25) is 0 Å². The van der Waals surface area contributed by atoms with Crippen LogP contribution in [0.4, 0.5) is 0 Å². The first-order chi connectivity index (χ1) is 15.5. The van der Waals surface area contributed by atoms with Crippen molar-refractivity contribution >= 4 is 38.6 Å². The second-order valence-electron chi connectivity index (χ2n) is 7.32. The molecule has 0 saturated heterocycles. The van der Waals surface area contributed by atoms with Gasteiger partial charge < -0.3 is 9.72 Å². The highest BCUT2D eigenvalue weighted by atomic mass is 32.1. The van der Waals surface area contributed by atoms with Crippen molar-refractivity contribution in [3.8, 4) is 0 Å². The Hall–Kier alpha value is -3.98. The summed E-state index contributed by atoms with van der Waals surface area (Å²) >= 11 is 1.06. The van der Waals surface area contributed by atoms with Crippen molar-refractivity contribution in [3.05, 3.63) is 97.8 Å². The topological polar surface area (TPSA) is 99.0 Å². The molecule has 0 bridgehead atoms. The number of nitrogens with one attached hydrogen (secondary N) is 1. The summed E-state index contributed by atoms with van der Waals surface area (Å²) in [6.45, 7) is 0.128. The lowest BCUT2D eigenvalue weighted by Gasteiger charge is -2.08. The first-order valence-electron chi connectivity index (χ1n) is 9.89. The molecule has 0 radical (unpaired) electrons. The average Bonchev–Trinajstić information content (AvgIpc) is 3.44. The number of hydrogen-bond donors (Lipinski definition) is 1. The van der Waals surface area contributed by atoms with E-state index in [1.807, 2.05) is 54.6 Å². The number of H-pyrrole nitrogens is 1. The second kappa shape index (κ2) is 7.93. The van der Waals surface area contributed by atoms with Gasteiger partial charge >= 0.3 is 11.7 Å². The summed E-state index contributed by atoms with van der Waals surface area (Å²) in [6.07, 6.45) is 0. The van der Waals surface area contributed by atoms with Gasteiger partial charge in [-0.25, -0.2) is 14.6 Å². The lowest BCUT2D eigenvalue weighted by atomic mass is 10.2. The third-order valence-corrected chi connectivity index (χ3v) is 6.37. The van der Waals surface area contributed by atoms with Gasteiger partial charge in [0.25, 0.3) is 5.56 Å². The molecule has 0 unspecified atom stereocenters. The molecular weight excluding hydrogens is 428 g/mol. The normalized spacial score (nSPS) is 11.3. The maximum atomic E-state index is 13.0. The summed E-state index contributed by atoms with van der Waals surface area (Å²) in [5, 5.41) is 0.309. The van der Waals surface area contributed by atoms with Crippen LogP contribution in [0.1, 0.15) is 21.1 Å². The smallest absolute Gasteiger partial charge is 0.348 e. The number of thiophene rings is 1. The van der Waals surface area contributed by atoms with Crippen molar-refractivity contribution in [2.75, 3.05) is 0 Å². The number of ether oxygens (including phenoxy) is 1. The minimum atomic E-state index is -0.576. The molecule has 0 spiro atoms. The molecule has 2 aromatic carbocycles. The Morgan fingerprint density at radius 2 is 1.84 bits per heavy atom. The number of hydrogen-bond acceptors (Lipinski definition) is 6. The summed E-state index contributed by atoms with van der Waals surface area (Å²) in [4.78, 5) is 46.6. The zero-order valence-corrected chi connectivity index (χ0v) is 17.9. The van der Waals surface area contributed by atoms with E-state index < -0.39 is 17.2 Å². The van der Waals surface area contributed by atoms with Gasteiger partial charge in [0, 0.05) is 7.05 Å². The summed E-state index contributed by atoms with van der Waals surface area (Å²) in [5.41, 5.74) is 1.62. The van der Waals surface area contributed by atoms with Crippen LogP contribution in [0.5, 0.6) is 0 Å². The Kier molecular flexibility index (Phi) is 4.95. The van der Waals surface area contributed by atoms with Crippen LogP contribution in [-0.2, 0) is 24.9 Å². The first kappa shape index (κ1) is 20.0. The van der Waals surface area contributed by atoms with Crippen LogP contribution in [0.3, 0.4) is 0 Å². The zero-order valence-electron chi connectivity index (χ0n) is 17.1. The number of nitrogens with zero attached hydrogens (tertiary/aromatic N) is 3. The molecule has 0 atom stereocenters. The molecule has 3 heterocycles. The molecule has 0 aliphatic rings. The van der Waals surface area contributed by atoms with Crippen LogP contribution in [0.25, 0.3) is 21.3 Å². The fourth-order valence-electron chi connectivity index (χ4n) is 3.57. The number of carbonyl (C=O) groups is 1. The van der Waals surface area contributed by atoms with E-state index >= 15 is 0 Å². The van der Waals surface area contributed by atoms with Crippen molar-refractivity contribution in [2.45, 2.75) is 13.2 Å². The molecule has 1 N–H and O–H groups in total. The molecule has 3 aromatic heterocycles. The monoisotopic (exact) mass is 446 g/mol. The number of imidazole rings is 1. The van der Waals surface area contributed by atoms with Gasteiger partial charge in [-0.15, -0.1) is 11.3 Å². The number of aromatic amines is 1. The summed E-state index contributed by atoms with van der Waals surface area (Å²) in [5.74, 6) is -0.0496. The van der Waals surface area contributed by atoms with Gasteiger partial charge in [-0.2, -0.15) is 0 Å². The molecule has 8 nitrogen and oxygen atoms in total. The van der Waals surface area contributed by atoms with E-state index in [1.165, 1.54) is 15.2 Å². The Labute approximate surface area is 185 Å². The second-order valence-corrected chi connectivity index (χ2v) is 8.36. The van der Waals surface area contributed by atoms with E-state index in [-0.39, 0.29) is 18.0 Å². The SMILES string of the molecule is Cn1c(=O)n(Cc2ccccc2)c(=O)c2cc(C(=O)OCc3nc4ccccc4[nH]3)sc21. The number of benzene rings is 2. The minimum Gasteiger partial charge on any atom is -0.453 e. The van der Waals surface area contributed by atoms with Crippen LogP contribution < -0.4 is 11.2 Å².